The number of halogens is 1. The van der Waals surface area contributed by atoms with Crippen molar-refractivity contribution in [3.8, 4) is 0 Å². The Balaban J connectivity index is 2.12. The molecule has 1 aromatic rings. The Kier molecular flexibility index (Phi) is 4.32. The number of carbonyl (C=O) groups is 1. The molecule has 0 bridgehead atoms. The van der Waals surface area contributed by atoms with Gasteiger partial charge < -0.3 is 19.4 Å². The Morgan fingerprint density at radius 2 is 2.42 bits per heavy atom. The first kappa shape index (κ1) is 14.6. The molecule has 0 aromatic carbocycles. The number of aromatic nitrogens is 1. The average Bonchev–Trinajstić information content (AvgIpc) is 2.73. The molecule has 1 aromatic heterocycles. The van der Waals surface area contributed by atoms with Crippen molar-refractivity contribution in [2.45, 2.75) is 25.6 Å². The van der Waals surface area contributed by atoms with E-state index in [0.29, 0.717) is 25.4 Å². The van der Waals surface area contributed by atoms with Crippen LogP contribution in [-0.2, 0) is 9.47 Å². The first-order valence-electron chi connectivity index (χ1n) is 6.21. The molecule has 1 atom stereocenters. The minimum Gasteiger partial charge on any atom is -0.382 e. The lowest BCUT2D eigenvalue weighted by Crippen LogP contribution is -2.55. The number of morpholine rings is 1. The molecule has 2 rings (SSSR count). The van der Waals surface area contributed by atoms with Gasteiger partial charge in [0.15, 0.2) is 0 Å². The van der Waals surface area contributed by atoms with E-state index in [4.69, 9.17) is 9.47 Å². The second kappa shape index (κ2) is 5.64. The first-order valence-corrected chi connectivity index (χ1v) is 7.00. The number of rotatable bonds is 3. The summed E-state index contributed by atoms with van der Waals surface area (Å²) in [7, 11) is 1.64. The molecule has 19 heavy (non-hydrogen) atoms. The highest BCUT2D eigenvalue weighted by atomic mass is 79.9. The van der Waals surface area contributed by atoms with Gasteiger partial charge in [-0.15, -0.1) is 0 Å². The standard InChI is InChI=1S/C13H19BrN2O3/c1-13(2)8-16(6-10(19-13)7-18-3)12(17)11-4-9(14)5-15-11/h4-5,10,15H,6-8H2,1-3H3/t10-/m0/s1. The lowest BCUT2D eigenvalue weighted by Gasteiger charge is -2.42. The summed E-state index contributed by atoms with van der Waals surface area (Å²) in [6.45, 7) is 5.58. The molecule has 0 spiro atoms. The molecule has 0 saturated carbocycles. The number of methoxy groups -OCH3 is 1. The SMILES string of the molecule is COC[C@@H]1CN(C(=O)c2cc(Br)c[nH]2)CC(C)(C)O1. The fraction of sp³-hybridized carbons (Fsp3) is 0.615. The van der Waals surface area contributed by atoms with Gasteiger partial charge >= 0.3 is 0 Å². The second-order valence-electron chi connectivity index (χ2n) is 5.37. The van der Waals surface area contributed by atoms with E-state index in [2.05, 4.69) is 20.9 Å². The lowest BCUT2D eigenvalue weighted by molar-refractivity contribution is -0.143. The molecule has 0 radical (unpaired) electrons. The summed E-state index contributed by atoms with van der Waals surface area (Å²) in [6, 6.07) is 1.79. The fourth-order valence-electron chi connectivity index (χ4n) is 2.38. The highest BCUT2D eigenvalue weighted by molar-refractivity contribution is 9.10. The Morgan fingerprint density at radius 3 is 3.00 bits per heavy atom. The maximum absolute atomic E-state index is 12.4. The number of nitrogens with zero attached hydrogens (tertiary/aromatic N) is 1. The number of carbonyl (C=O) groups excluding carboxylic acids is 1. The minimum absolute atomic E-state index is 0.0109. The maximum Gasteiger partial charge on any atom is 0.270 e. The summed E-state index contributed by atoms with van der Waals surface area (Å²) in [5, 5.41) is 0. The van der Waals surface area contributed by atoms with E-state index in [1.807, 2.05) is 18.7 Å². The summed E-state index contributed by atoms with van der Waals surface area (Å²) >= 11 is 3.34. The smallest absolute Gasteiger partial charge is 0.270 e. The molecule has 106 valence electrons. The molecule has 1 saturated heterocycles. The molecule has 0 unspecified atom stereocenters. The molecule has 1 aliphatic heterocycles. The quantitative estimate of drug-likeness (QED) is 0.922. The van der Waals surface area contributed by atoms with Gasteiger partial charge in [-0.3, -0.25) is 4.79 Å². The summed E-state index contributed by atoms with van der Waals surface area (Å²) in [6.07, 6.45) is 1.67. The summed E-state index contributed by atoms with van der Waals surface area (Å²) in [5.74, 6) is -0.0109. The van der Waals surface area contributed by atoms with Crippen molar-refractivity contribution in [3.63, 3.8) is 0 Å². The van der Waals surface area contributed by atoms with Crippen molar-refractivity contribution >= 4 is 21.8 Å². The van der Waals surface area contributed by atoms with Crippen LogP contribution < -0.4 is 0 Å². The zero-order valence-electron chi connectivity index (χ0n) is 11.4. The van der Waals surface area contributed by atoms with E-state index >= 15 is 0 Å². The Hall–Kier alpha value is -0.850. The monoisotopic (exact) mass is 330 g/mol. The molecule has 1 fully saturated rings. The molecule has 1 N–H and O–H groups in total. The molecule has 1 amide bonds. The summed E-state index contributed by atoms with van der Waals surface area (Å²) < 4.78 is 11.9. The van der Waals surface area contributed by atoms with Crippen molar-refractivity contribution in [1.29, 1.82) is 0 Å². The average molecular weight is 331 g/mol. The van der Waals surface area contributed by atoms with Gasteiger partial charge in [0.25, 0.3) is 5.91 Å². The van der Waals surface area contributed by atoms with Gasteiger partial charge in [-0.2, -0.15) is 0 Å². The van der Waals surface area contributed by atoms with Gasteiger partial charge in [-0.05, 0) is 35.8 Å². The van der Waals surface area contributed by atoms with Crippen LogP contribution in [0.5, 0.6) is 0 Å². The maximum atomic E-state index is 12.4. The van der Waals surface area contributed by atoms with Gasteiger partial charge in [-0.25, -0.2) is 0 Å². The van der Waals surface area contributed by atoms with Crippen LogP contribution in [-0.4, -0.2) is 54.3 Å². The number of aromatic amines is 1. The van der Waals surface area contributed by atoms with Gasteiger partial charge in [-0.1, -0.05) is 0 Å². The topological polar surface area (TPSA) is 54.6 Å². The summed E-state index contributed by atoms with van der Waals surface area (Å²) in [4.78, 5) is 17.2. The summed E-state index contributed by atoms with van der Waals surface area (Å²) in [5.41, 5.74) is 0.224. The number of H-pyrrole nitrogens is 1. The van der Waals surface area contributed by atoms with Gasteiger partial charge in [0.2, 0.25) is 0 Å². The Bertz CT molecular complexity index is 458. The molecular formula is C13H19BrN2O3. The van der Waals surface area contributed by atoms with Crippen molar-refractivity contribution in [1.82, 2.24) is 9.88 Å². The molecular weight excluding hydrogens is 312 g/mol. The number of hydrogen-bond donors (Lipinski definition) is 1. The molecule has 5 nitrogen and oxygen atoms in total. The van der Waals surface area contributed by atoms with Gasteiger partial charge in [0.05, 0.1) is 18.3 Å². The third kappa shape index (κ3) is 3.58. The van der Waals surface area contributed by atoms with Crippen LogP contribution >= 0.6 is 15.9 Å². The van der Waals surface area contributed by atoms with Crippen LogP contribution in [0.1, 0.15) is 24.3 Å². The highest BCUT2D eigenvalue weighted by Crippen LogP contribution is 2.23. The molecule has 1 aliphatic rings. The van der Waals surface area contributed by atoms with Crippen molar-refractivity contribution < 1.29 is 14.3 Å². The van der Waals surface area contributed by atoms with E-state index in [-0.39, 0.29) is 17.6 Å². The largest absolute Gasteiger partial charge is 0.382 e. The molecule has 6 heteroatoms. The second-order valence-corrected chi connectivity index (χ2v) is 6.29. The van der Waals surface area contributed by atoms with Crippen molar-refractivity contribution in [2.24, 2.45) is 0 Å². The highest BCUT2D eigenvalue weighted by Gasteiger charge is 2.36. The zero-order chi connectivity index (χ0) is 14.0. The van der Waals surface area contributed by atoms with Crippen LogP contribution in [0.2, 0.25) is 0 Å². The van der Waals surface area contributed by atoms with Crippen LogP contribution in [0, 0.1) is 0 Å². The fourth-order valence-corrected chi connectivity index (χ4v) is 2.73. The van der Waals surface area contributed by atoms with Gasteiger partial charge in [0.1, 0.15) is 5.69 Å². The van der Waals surface area contributed by atoms with Crippen LogP contribution in [0.25, 0.3) is 0 Å². The number of hydrogen-bond acceptors (Lipinski definition) is 3. The zero-order valence-corrected chi connectivity index (χ0v) is 13.0. The third-order valence-corrected chi connectivity index (χ3v) is 3.46. The van der Waals surface area contributed by atoms with Gasteiger partial charge in [0, 0.05) is 30.9 Å². The minimum atomic E-state index is -0.360. The molecule has 2 heterocycles. The predicted octanol–water partition coefficient (Wildman–Crippen LogP) is 2.04. The normalized spacial score (nSPS) is 22.5. The number of nitrogens with one attached hydrogen (secondary N) is 1. The number of amides is 1. The molecule has 0 aliphatic carbocycles. The van der Waals surface area contributed by atoms with E-state index in [0.717, 1.165) is 4.47 Å². The Morgan fingerprint density at radius 1 is 1.68 bits per heavy atom. The van der Waals surface area contributed by atoms with Crippen LogP contribution in [0.3, 0.4) is 0 Å². The van der Waals surface area contributed by atoms with Crippen molar-refractivity contribution in [3.05, 3.63) is 22.4 Å². The Labute approximate surface area is 121 Å². The third-order valence-electron chi connectivity index (χ3n) is 3.00. The van der Waals surface area contributed by atoms with Crippen LogP contribution in [0.4, 0.5) is 0 Å². The van der Waals surface area contributed by atoms with E-state index < -0.39 is 0 Å². The number of ether oxygens (including phenoxy) is 2. The van der Waals surface area contributed by atoms with Crippen LogP contribution in [0.15, 0.2) is 16.7 Å². The van der Waals surface area contributed by atoms with Crippen molar-refractivity contribution in [2.75, 3.05) is 26.8 Å². The van der Waals surface area contributed by atoms with E-state index in [1.54, 1.807) is 19.4 Å². The first-order chi connectivity index (χ1) is 8.91. The van der Waals surface area contributed by atoms with E-state index in [1.165, 1.54) is 0 Å². The predicted molar refractivity (Wildman–Crippen MR) is 75.2 cm³/mol. The lowest BCUT2D eigenvalue weighted by atomic mass is 10.0. The van der Waals surface area contributed by atoms with E-state index in [9.17, 15) is 4.79 Å².